The third-order valence-electron chi connectivity index (χ3n) is 1.23. The third-order valence-corrected chi connectivity index (χ3v) is 1.73. The van der Waals surface area contributed by atoms with Crippen molar-refractivity contribution in [3.8, 4) is 0 Å². The van der Waals surface area contributed by atoms with Crippen LogP contribution in [0.15, 0.2) is 12.2 Å². The van der Waals surface area contributed by atoms with Crippen LogP contribution in [0.5, 0.6) is 0 Å². The number of rotatable bonds is 7. The van der Waals surface area contributed by atoms with Crippen LogP contribution >= 0.6 is 22.6 Å². The first-order valence-corrected chi connectivity index (χ1v) is 5.78. The highest BCUT2D eigenvalue weighted by molar-refractivity contribution is 14.1. The van der Waals surface area contributed by atoms with Crippen molar-refractivity contribution in [2.24, 2.45) is 0 Å². The molecule has 0 aliphatic heterocycles. The van der Waals surface area contributed by atoms with Gasteiger partial charge in [-0.05, 0) is 6.92 Å². The van der Waals surface area contributed by atoms with Crippen LogP contribution in [0.2, 0.25) is 0 Å². The molecule has 0 saturated carbocycles. The number of hydrogen-bond donors (Lipinski definition) is 0. The summed E-state index contributed by atoms with van der Waals surface area (Å²) in [5.41, 5.74) is 0. The molecule has 0 amide bonds. The Labute approximate surface area is 92.6 Å². The van der Waals surface area contributed by atoms with Gasteiger partial charge in [-0.2, -0.15) is 0 Å². The van der Waals surface area contributed by atoms with Gasteiger partial charge in [-0.25, -0.2) is 0 Å². The minimum atomic E-state index is -0.194. The second-order valence-corrected chi connectivity index (χ2v) is 3.14. The van der Waals surface area contributed by atoms with Gasteiger partial charge in [0.15, 0.2) is 0 Å². The standard InChI is InChI=1S/C9H15IO3/c1-2-13-9(11)5-8-12-7-4-3-6-10/h3-4H,2,5-8H2,1H3. The van der Waals surface area contributed by atoms with Gasteiger partial charge in [0.1, 0.15) is 0 Å². The Morgan fingerprint density at radius 1 is 1.46 bits per heavy atom. The molecular weight excluding hydrogens is 283 g/mol. The number of alkyl halides is 1. The van der Waals surface area contributed by atoms with E-state index in [9.17, 15) is 4.79 Å². The number of ether oxygens (including phenoxy) is 2. The molecule has 76 valence electrons. The van der Waals surface area contributed by atoms with Crippen LogP contribution in [0.25, 0.3) is 0 Å². The number of carbonyl (C=O) groups excluding carboxylic acids is 1. The minimum absolute atomic E-state index is 0.194. The van der Waals surface area contributed by atoms with Crippen LogP contribution in [-0.4, -0.2) is 30.2 Å². The first-order chi connectivity index (χ1) is 6.31. The fourth-order valence-corrected chi connectivity index (χ4v) is 1.03. The van der Waals surface area contributed by atoms with Crippen molar-refractivity contribution < 1.29 is 14.3 Å². The third kappa shape index (κ3) is 9.82. The van der Waals surface area contributed by atoms with E-state index in [-0.39, 0.29) is 5.97 Å². The van der Waals surface area contributed by atoms with E-state index in [0.717, 1.165) is 4.43 Å². The van der Waals surface area contributed by atoms with E-state index >= 15 is 0 Å². The molecule has 0 saturated heterocycles. The van der Waals surface area contributed by atoms with E-state index in [0.29, 0.717) is 26.2 Å². The first-order valence-electron chi connectivity index (χ1n) is 4.25. The highest BCUT2D eigenvalue weighted by Gasteiger charge is 1.99. The Kier molecular flexibility index (Phi) is 9.91. The zero-order valence-corrected chi connectivity index (χ0v) is 9.95. The van der Waals surface area contributed by atoms with Gasteiger partial charge in [-0.1, -0.05) is 34.7 Å². The van der Waals surface area contributed by atoms with Crippen molar-refractivity contribution in [1.29, 1.82) is 0 Å². The normalized spacial score (nSPS) is 10.6. The summed E-state index contributed by atoms with van der Waals surface area (Å²) in [4.78, 5) is 10.8. The summed E-state index contributed by atoms with van der Waals surface area (Å²) >= 11 is 2.25. The average Bonchev–Trinajstić information content (AvgIpc) is 2.11. The van der Waals surface area contributed by atoms with Gasteiger partial charge >= 0.3 is 5.97 Å². The Morgan fingerprint density at radius 3 is 2.85 bits per heavy atom. The largest absolute Gasteiger partial charge is 0.466 e. The second-order valence-electron chi connectivity index (χ2n) is 2.26. The summed E-state index contributed by atoms with van der Waals surface area (Å²) < 4.78 is 10.9. The molecule has 3 nitrogen and oxygen atoms in total. The molecule has 0 bridgehead atoms. The second kappa shape index (κ2) is 9.98. The van der Waals surface area contributed by atoms with Crippen molar-refractivity contribution in [2.45, 2.75) is 13.3 Å². The van der Waals surface area contributed by atoms with Crippen LogP contribution in [-0.2, 0) is 14.3 Å². The number of carbonyl (C=O) groups is 1. The topological polar surface area (TPSA) is 35.5 Å². The molecule has 0 aliphatic rings. The van der Waals surface area contributed by atoms with Gasteiger partial charge < -0.3 is 9.47 Å². The fraction of sp³-hybridized carbons (Fsp3) is 0.667. The lowest BCUT2D eigenvalue weighted by molar-refractivity contribution is -0.144. The zero-order valence-electron chi connectivity index (χ0n) is 7.79. The highest BCUT2D eigenvalue weighted by Crippen LogP contribution is 1.89. The number of allylic oxidation sites excluding steroid dienone is 1. The van der Waals surface area contributed by atoms with Crippen molar-refractivity contribution in [1.82, 2.24) is 0 Å². The van der Waals surface area contributed by atoms with Crippen LogP contribution in [0.1, 0.15) is 13.3 Å². The van der Waals surface area contributed by atoms with Gasteiger partial charge in [0.05, 0.1) is 26.2 Å². The first kappa shape index (κ1) is 12.9. The van der Waals surface area contributed by atoms with Gasteiger partial charge in [-0.15, -0.1) is 0 Å². The summed E-state index contributed by atoms with van der Waals surface area (Å²) in [7, 11) is 0. The molecule has 0 aromatic carbocycles. The van der Waals surface area contributed by atoms with Gasteiger partial charge in [-0.3, -0.25) is 4.79 Å². The Morgan fingerprint density at radius 2 is 2.23 bits per heavy atom. The molecule has 0 rings (SSSR count). The molecule has 0 N–H and O–H groups in total. The Hall–Kier alpha value is -0.100. The van der Waals surface area contributed by atoms with Crippen LogP contribution in [0.3, 0.4) is 0 Å². The SMILES string of the molecule is CCOC(=O)CCOCC=CCI. The highest BCUT2D eigenvalue weighted by atomic mass is 127. The molecule has 0 aromatic heterocycles. The number of esters is 1. The van der Waals surface area contributed by atoms with E-state index in [1.54, 1.807) is 6.92 Å². The summed E-state index contributed by atoms with van der Waals surface area (Å²) in [6.45, 7) is 3.24. The van der Waals surface area contributed by atoms with Gasteiger partial charge in [0.25, 0.3) is 0 Å². The lowest BCUT2D eigenvalue weighted by Gasteiger charge is -2.01. The predicted molar refractivity (Wildman–Crippen MR) is 60.1 cm³/mol. The quantitative estimate of drug-likeness (QED) is 0.237. The molecule has 0 fully saturated rings. The average molecular weight is 298 g/mol. The van der Waals surface area contributed by atoms with Gasteiger partial charge in [0.2, 0.25) is 0 Å². The van der Waals surface area contributed by atoms with Gasteiger partial charge in [0, 0.05) is 4.43 Å². The Bertz CT molecular complexity index is 157. The zero-order chi connectivity index (χ0) is 9.94. The van der Waals surface area contributed by atoms with Crippen LogP contribution in [0.4, 0.5) is 0 Å². The summed E-state index contributed by atoms with van der Waals surface area (Å²) in [6, 6.07) is 0. The molecule has 0 atom stereocenters. The molecule has 0 aromatic rings. The molecular formula is C9H15IO3. The van der Waals surface area contributed by atoms with Crippen molar-refractivity contribution in [3.05, 3.63) is 12.2 Å². The van der Waals surface area contributed by atoms with Crippen molar-refractivity contribution in [3.63, 3.8) is 0 Å². The maximum Gasteiger partial charge on any atom is 0.308 e. The number of halogens is 1. The lowest BCUT2D eigenvalue weighted by atomic mass is 10.4. The Balaban J connectivity index is 3.15. The van der Waals surface area contributed by atoms with Crippen LogP contribution < -0.4 is 0 Å². The van der Waals surface area contributed by atoms with Crippen LogP contribution in [0, 0.1) is 0 Å². The van der Waals surface area contributed by atoms with E-state index in [1.807, 2.05) is 12.2 Å². The maximum absolute atomic E-state index is 10.8. The maximum atomic E-state index is 10.8. The summed E-state index contributed by atoms with van der Waals surface area (Å²) in [5, 5.41) is 0. The predicted octanol–water partition coefficient (Wildman–Crippen LogP) is 1.95. The fourth-order valence-electron chi connectivity index (χ4n) is 0.671. The molecule has 4 heteroatoms. The summed E-state index contributed by atoms with van der Waals surface area (Å²) in [5.74, 6) is -0.194. The molecule has 0 unspecified atom stereocenters. The molecule has 13 heavy (non-hydrogen) atoms. The van der Waals surface area contributed by atoms with E-state index in [1.165, 1.54) is 0 Å². The van der Waals surface area contributed by atoms with Crippen molar-refractivity contribution >= 4 is 28.6 Å². The minimum Gasteiger partial charge on any atom is -0.466 e. The lowest BCUT2D eigenvalue weighted by Crippen LogP contribution is -2.07. The van der Waals surface area contributed by atoms with E-state index < -0.39 is 0 Å². The van der Waals surface area contributed by atoms with E-state index in [2.05, 4.69) is 22.6 Å². The van der Waals surface area contributed by atoms with E-state index in [4.69, 9.17) is 9.47 Å². The summed E-state index contributed by atoms with van der Waals surface area (Å²) in [6.07, 6.45) is 4.30. The monoisotopic (exact) mass is 298 g/mol. The molecule has 0 aliphatic carbocycles. The molecule has 0 spiro atoms. The smallest absolute Gasteiger partial charge is 0.308 e. The molecule has 0 radical (unpaired) electrons. The number of hydrogen-bond acceptors (Lipinski definition) is 3. The molecule has 0 heterocycles. The van der Waals surface area contributed by atoms with Crippen molar-refractivity contribution in [2.75, 3.05) is 24.2 Å².